The van der Waals surface area contributed by atoms with Crippen molar-refractivity contribution < 1.29 is 14.0 Å². The van der Waals surface area contributed by atoms with E-state index in [0.29, 0.717) is 60.8 Å². The minimum atomic E-state index is -0.342. The monoisotopic (exact) mass is 523 g/mol. The number of nitrogens with zero attached hydrogens (tertiary/aromatic N) is 5. The van der Waals surface area contributed by atoms with E-state index in [9.17, 15) is 9.59 Å². The van der Waals surface area contributed by atoms with Crippen LogP contribution in [0.2, 0.25) is 0 Å². The van der Waals surface area contributed by atoms with Crippen molar-refractivity contribution in [2.75, 3.05) is 26.2 Å². The Labute approximate surface area is 222 Å². The molecule has 1 saturated carbocycles. The lowest BCUT2D eigenvalue weighted by atomic mass is 9.85. The molecule has 0 spiro atoms. The predicted molar refractivity (Wildman–Crippen MR) is 143 cm³/mol. The van der Waals surface area contributed by atoms with Crippen LogP contribution >= 0.6 is 0 Å². The Balaban J connectivity index is 1.40. The highest BCUT2D eigenvalue weighted by atomic mass is 19.1. The van der Waals surface area contributed by atoms with Crippen LogP contribution in [-0.4, -0.2) is 67.5 Å². The zero-order chi connectivity index (χ0) is 26.6. The minimum Gasteiger partial charge on any atom is -0.340 e. The second-order valence-corrected chi connectivity index (χ2v) is 10.7. The molecule has 1 saturated heterocycles. The van der Waals surface area contributed by atoms with E-state index >= 15 is 4.39 Å². The third-order valence-corrected chi connectivity index (χ3v) is 8.16. The average Bonchev–Trinajstić information content (AvgIpc) is 3.51. The lowest BCUT2D eigenvalue weighted by molar-refractivity contribution is -0.130. The number of carbonyl (C=O) groups is 2. The Hall–Kier alpha value is -3.27. The molecule has 1 aromatic carbocycles. The molecule has 1 aliphatic heterocycles. The number of halogens is 1. The summed E-state index contributed by atoms with van der Waals surface area (Å²) in [6, 6.07) is 5.06. The first-order valence-electron chi connectivity index (χ1n) is 13.8. The molecule has 0 bridgehead atoms. The van der Waals surface area contributed by atoms with Crippen molar-refractivity contribution in [2.24, 2.45) is 13.0 Å². The minimum absolute atomic E-state index is 0.0793. The highest BCUT2D eigenvalue weighted by Gasteiger charge is 2.30. The van der Waals surface area contributed by atoms with E-state index in [-0.39, 0.29) is 29.6 Å². The number of H-pyrrole nitrogens is 1. The highest BCUT2D eigenvalue weighted by Crippen LogP contribution is 2.34. The largest absolute Gasteiger partial charge is 0.340 e. The normalized spacial score (nSPS) is 18.8. The van der Waals surface area contributed by atoms with E-state index < -0.39 is 0 Å². The molecular formula is C28H38FN7O2. The van der Waals surface area contributed by atoms with Crippen molar-refractivity contribution in [2.45, 2.75) is 64.5 Å². The van der Waals surface area contributed by atoms with Gasteiger partial charge in [-0.25, -0.2) is 9.37 Å². The first-order valence-corrected chi connectivity index (χ1v) is 13.8. The van der Waals surface area contributed by atoms with Crippen molar-refractivity contribution in [3.63, 3.8) is 0 Å². The zero-order valence-electron chi connectivity index (χ0n) is 22.4. The number of aromatic amines is 1. The van der Waals surface area contributed by atoms with Crippen LogP contribution in [0, 0.1) is 11.7 Å². The number of carbonyl (C=O) groups excluding carboxylic acids is 2. The SMILES string of the molecule is CC(=O)N1CCN(Cc2ccc3[nH]c(C(NC(=O)c4ccnn4C)C4CCCCCCC4)nc3c2F)CC1. The molecule has 3 heterocycles. The number of imidazole rings is 1. The van der Waals surface area contributed by atoms with E-state index in [1.54, 1.807) is 30.9 Å². The first kappa shape index (κ1) is 26.3. The highest BCUT2D eigenvalue weighted by molar-refractivity contribution is 5.92. The molecule has 2 aromatic heterocycles. The molecule has 1 unspecified atom stereocenters. The lowest BCUT2D eigenvalue weighted by Crippen LogP contribution is -2.47. The van der Waals surface area contributed by atoms with Gasteiger partial charge in [-0.05, 0) is 30.9 Å². The van der Waals surface area contributed by atoms with Gasteiger partial charge in [-0.1, -0.05) is 38.2 Å². The molecule has 1 atom stereocenters. The summed E-state index contributed by atoms with van der Waals surface area (Å²) in [6.45, 7) is 4.80. The molecule has 0 radical (unpaired) electrons. The molecular weight excluding hydrogens is 485 g/mol. The van der Waals surface area contributed by atoms with Crippen molar-refractivity contribution in [3.8, 4) is 0 Å². The van der Waals surface area contributed by atoms with Gasteiger partial charge in [0, 0.05) is 58.5 Å². The van der Waals surface area contributed by atoms with E-state index in [0.717, 1.165) is 25.7 Å². The molecule has 1 aliphatic carbocycles. The second kappa shape index (κ2) is 11.6. The number of aryl methyl sites for hydroxylation is 1. The van der Waals surface area contributed by atoms with Crippen molar-refractivity contribution in [1.82, 2.24) is 34.9 Å². The molecule has 5 rings (SSSR count). The Morgan fingerprint density at radius 2 is 1.79 bits per heavy atom. The summed E-state index contributed by atoms with van der Waals surface area (Å²) in [4.78, 5) is 36.9. The van der Waals surface area contributed by atoms with Gasteiger partial charge >= 0.3 is 0 Å². The van der Waals surface area contributed by atoms with Gasteiger partial charge in [-0.15, -0.1) is 0 Å². The number of benzene rings is 1. The maximum absolute atomic E-state index is 15.7. The summed E-state index contributed by atoms with van der Waals surface area (Å²) in [7, 11) is 1.75. The molecule has 2 amide bonds. The fourth-order valence-electron chi connectivity index (χ4n) is 5.88. The zero-order valence-corrected chi connectivity index (χ0v) is 22.4. The third kappa shape index (κ3) is 5.75. The van der Waals surface area contributed by atoms with E-state index in [4.69, 9.17) is 4.98 Å². The first-order chi connectivity index (χ1) is 18.4. The van der Waals surface area contributed by atoms with Gasteiger partial charge in [0.1, 0.15) is 17.0 Å². The number of piperazine rings is 1. The predicted octanol–water partition coefficient (Wildman–Crippen LogP) is 3.93. The van der Waals surface area contributed by atoms with Crippen molar-refractivity contribution >= 4 is 22.8 Å². The lowest BCUT2D eigenvalue weighted by Gasteiger charge is -2.34. The van der Waals surface area contributed by atoms with Gasteiger partial charge in [-0.3, -0.25) is 19.2 Å². The maximum atomic E-state index is 15.7. The molecule has 3 aromatic rings. The summed E-state index contributed by atoms with van der Waals surface area (Å²) in [5.41, 5.74) is 2.02. The maximum Gasteiger partial charge on any atom is 0.270 e. The van der Waals surface area contributed by atoms with Gasteiger partial charge in [0.15, 0.2) is 5.82 Å². The van der Waals surface area contributed by atoms with Crippen LogP contribution in [0.3, 0.4) is 0 Å². The number of nitrogens with one attached hydrogen (secondary N) is 2. The summed E-state index contributed by atoms with van der Waals surface area (Å²) >= 11 is 0. The van der Waals surface area contributed by atoms with Gasteiger partial charge < -0.3 is 15.2 Å². The van der Waals surface area contributed by atoms with Crippen LogP contribution in [0.15, 0.2) is 24.4 Å². The standard InChI is InChI=1S/C28H38FN7O2/c1-19(37)36-16-14-35(15-17-36)18-21-10-11-22-26(24(21)29)32-27(31-22)25(20-8-6-4-3-5-7-9-20)33-28(38)23-12-13-30-34(23)2/h10-13,20,25H,3-9,14-18H2,1-2H3,(H,31,32)(H,33,38). The third-order valence-electron chi connectivity index (χ3n) is 8.16. The Morgan fingerprint density at radius 3 is 2.45 bits per heavy atom. The van der Waals surface area contributed by atoms with Crippen molar-refractivity contribution in [1.29, 1.82) is 0 Å². The molecule has 9 nitrogen and oxygen atoms in total. The number of hydrogen-bond donors (Lipinski definition) is 2. The fraction of sp³-hybridized carbons (Fsp3) is 0.571. The smallest absolute Gasteiger partial charge is 0.270 e. The summed E-state index contributed by atoms with van der Waals surface area (Å²) in [5.74, 6) is 0.368. The molecule has 10 heteroatoms. The number of hydrogen-bond acceptors (Lipinski definition) is 5. The average molecular weight is 524 g/mol. The Morgan fingerprint density at radius 1 is 1.08 bits per heavy atom. The molecule has 2 aliphatic rings. The van der Waals surface area contributed by atoms with E-state index in [1.807, 2.05) is 17.0 Å². The Kier molecular flexibility index (Phi) is 8.06. The van der Waals surface area contributed by atoms with Crippen LogP contribution in [0.4, 0.5) is 4.39 Å². The van der Waals surface area contributed by atoms with Crippen LogP contribution < -0.4 is 5.32 Å². The molecule has 2 fully saturated rings. The van der Waals surface area contributed by atoms with E-state index in [2.05, 4.69) is 20.3 Å². The number of amides is 2. The summed E-state index contributed by atoms with van der Waals surface area (Å²) in [5, 5.41) is 7.35. The van der Waals surface area contributed by atoms with Gasteiger partial charge in [0.2, 0.25) is 5.91 Å². The Bertz CT molecular complexity index is 1270. The number of rotatable bonds is 6. The van der Waals surface area contributed by atoms with Crippen LogP contribution in [0.25, 0.3) is 11.0 Å². The second-order valence-electron chi connectivity index (χ2n) is 10.7. The quantitative estimate of drug-likeness (QED) is 0.510. The fourth-order valence-corrected chi connectivity index (χ4v) is 5.88. The summed E-state index contributed by atoms with van der Waals surface area (Å²) in [6.07, 6.45) is 9.45. The van der Waals surface area contributed by atoms with Crippen molar-refractivity contribution in [3.05, 3.63) is 47.3 Å². The van der Waals surface area contributed by atoms with Gasteiger partial charge in [-0.2, -0.15) is 5.10 Å². The topological polar surface area (TPSA) is 99.1 Å². The van der Waals surface area contributed by atoms with E-state index in [1.165, 1.54) is 19.3 Å². The summed E-state index contributed by atoms with van der Waals surface area (Å²) < 4.78 is 17.3. The molecule has 38 heavy (non-hydrogen) atoms. The van der Waals surface area contributed by atoms with Crippen LogP contribution in [0.5, 0.6) is 0 Å². The number of aromatic nitrogens is 4. The van der Waals surface area contributed by atoms with Crippen LogP contribution in [-0.2, 0) is 18.4 Å². The van der Waals surface area contributed by atoms with Gasteiger partial charge in [0.05, 0.1) is 11.6 Å². The van der Waals surface area contributed by atoms with Gasteiger partial charge in [0.25, 0.3) is 5.91 Å². The molecule has 204 valence electrons. The van der Waals surface area contributed by atoms with Crippen LogP contribution in [0.1, 0.15) is 79.8 Å². The molecule has 2 N–H and O–H groups in total. The number of fused-ring (bicyclic) bond motifs is 1.